The summed E-state index contributed by atoms with van der Waals surface area (Å²) < 4.78 is 1.92. The van der Waals surface area contributed by atoms with E-state index in [2.05, 4.69) is 31.9 Å². The van der Waals surface area contributed by atoms with E-state index in [9.17, 15) is 0 Å². The van der Waals surface area contributed by atoms with E-state index in [-0.39, 0.29) is 11.0 Å². The first kappa shape index (κ1) is 9.71. The van der Waals surface area contributed by atoms with Gasteiger partial charge in [-0.2, -0.15) is 5.10 Å². The molecule has 1 aromatic heterocycles. The Kier molecular flexibility index (Phi) is 1.80. The lowest BCUT2D eigenvalue weighted by molar-refractivity contribution is 0.377. The Morgan fingerprint density at radius 2 is 2.07 bits per heavy atom. The predicted octanol–water partition coefficient (Wildman–Crippen LogP) is 1.50. The Bertz CT molecular complexity index is 339. The molecule has 0 radical (unpaired) electrons. The highest BCUT2D eigenvalue weighted by atomic mass is 15.3. The molecule has 3 nitrogen and oxygen atoms in total. The van der Waals surface area contributed by atoms with Gasteiger partial charge in [0.25, 0.3) is 0 Å². The lowest BCUT2D eigenvalue weighted by Crippen LogP contribution is -2.43. The zero-order chi connectivity index (χ0) is 10.6. The number of aromatic nitrogens is 2. The Morgan fingerprint density at radius 1 is 1.50 bits per heavy atom. The summed E-state index contributed by atoms with van der Waals surface area (Å²) >= 11 is 0. The Morgan fingerprint density at radius 3 is 2.43 bits per heavy atom. The molecule has 1 aliphatic rings. The minimum atomic E-state index is -0.0200. The highest BCUT2D eigenvalue weighted by Gasteiger charge is 2.53. The van der Waals surface area contributed by atoms with Crippen LogP contribution in [-0.2, 0) is 12.5 Å². The van der Waals surface area contributed by atoms with Gasteiger partial charge in [0.05, 0.1) is 5.69 Å². The average Bonchev–Trinajstić information content (AvgIpc) is 2.75. The normalized spacial score (nSPS) is 19.8. The van der Waals surface area contributed by atoms with Crippen LogP contribution >= 0.6 is 0 Å². The summed E-state index contributed by atoms with van der Waals surface area (Å²) in [5, 5.41) is 4.53. The van der Waals surface area contributed by atoms with E-state index in [4.69, 9.17) is 5.73 Å². The standard InChI is InChI=1S/C11H19N3/c1-8-7-9(13-14(8)4)10(2,3)11(12)5-6-11/h7H,5-6,12H2,1-4H3. The van der Waals surface area contributed by atoms with Crippen LogP contribution in [-0.4, -0.2) is 15.3 Å². The van der Waals surface area contributed by atoms with Crippen molar-refractivity contribution in [3.05, 3.63) is 17.5 Å². The lowest BCUT2D eigenvalue weighted by atomic mass is 9.79. The molecular weight excluding hydrogens is 174 g/mol. The Labute approximate surface area is 85.3 Å². The maximum atomic E-state index is 6.27. The number of aryl methyl sites for hydroxylation is 2. The zero-order valence-electron chi connectivity index (χ0n) is 9.46. The maximum absolute atomic E-state index is 6.27. The summed E-state index contributed by atoms with van der Waals surface area (Å²) in [5.41, 5.74) is 8.56. The van der Waals surface area contributed by atoms with Crippen molar-refractivity contribution in [3.8, 4) is 0 Å². The zero-order valence-corrected chi connectivity index (χ0v) is 9.46. The van der Waals surface area contributed by atoms with Crippen molar-refractivity contribution in [1.29, 1.82) is 0 Å². The molecule has 0 aromatic carbocycles. The Hall–Kier alpha value is -0.830. The van der Waals surface area contributed by atoms with Crippen LogP contribution in [0.3, 0.4) is 0 Å². The van der Waals surface area contributed by atoms with Crippen molar-refractivity contribution in [1.82, 2.24) is 9.78 Å². The number of rotatable bonds is 2. The van der Waals surface area contributed by atoms with Crippen LogP contribution in [0.4, 0.5) is 0 Å². The smallest absolute Gasteiger partial charge is 0.0701 e. The molecule has 0 bridgehead atoms. The fraction of sp³-hybridized carbons (Fsp3) is 0.727. The lowest BCUT2D eigenvalue weighted by Gasteiger charge is -2.29. The fourth-order valence-corrected chi connectivity index (χ4v) is 1.88. The molecule has 0 atom stereocenters. The topological polar surface area (TPSA) is 43.8 Å². The Balaban J connectivity index is 2.38. The predicted molar refractivity (Wildman–Crippen MR) is 57.1 cm³/mol. The van der Waals surface area contributed by atoms with Crippen LogP contribution < -0.4 is 5.73 Å². The van der Waals surface area contributed by atoms with Gasteiger partial charge in [-0.15, -0.1) is 0 Å². The van der Waals surface area contributed by atoms with Crippen LogP contribution in [0.25, 0.3) is 0 Å². The molecule has 0 unspecified atom stereocenters. The van der Waals surface area contributed by atoms with Crippen LogP contribution in [0.2, 0.25) is 0 Å². The molecule has 1 saturated carbocycles. The molecular formula is C11H19N3. The largest absolute Gasteiger partial charge is 0.324 e. The minimum absolute atomic E-state index is 0.000972. The van der Waals surface area contributed by atoms with Gasteiger partial charge in [-0.3, -0.25) is 4.68 Å². The van der Waals surface area contributed by atoms with Gasteiger partial charge in [0.15, 0.2) is 0 Å². The highest BCUT2D eigenvalue weighted by molar-refractivity contribution is 5.28. The van der Waals surface area contributed by atoms with E-state index in [1.807, 2.05) is 11.7 Å². The first-order valence-electron chi connectivity index (χ1n) is 5.17. The number of nitrogens with zero attached hydrogens (tertiary/aromatic N) is 2. The van der Waals surface area contributed by atoms with Crippen molar-refractivity contribution in [3.63, 3.8) is 0 Å². The summed E-state index contributed by atoms with van der Waals surface area (Å²) in [5.74, 6) is 0. The summed E-state index contributed by atoms with van der Waals surface area (Å²) in [4.78, 5) is 0. The maximum Gasteiger partial charge on any atom is 0.0701 e. The molecule has 14 heavy (non-hydrogen) atoms. The van der Waals surface area contributed by atoms with Crippen molar-refractivity contribution in [2.75, 3.05) is 0 Å². The second-order valence-electron chi connectivity index (χ2n) is 5.08. The molecule has 78 valence electrons. The molecule has 0 spiro atoms. The number of nitrogens with two attached hydrogens (primary N) is 1. The molecule has 1 aromatic rings. The van der Waals surface area contributed by atoms with E-state index < -0.39 is 0 Å². The monoisotopic (exact) mass is 193 g/mol. The van der Waals surface area contributed by atoms with Gasteiger partial charge in [-0.25, -0.2) is 0 Å². The molecule has 1 aliphatic carbocycles. The van der Waals surface area contributed by atoms with Gasteiger partial charge in [-0.1, -0.05) is 13.8 Å². The van der Waals surface area contributed by atoms with Crippen molar-refractivity contribution >= 4 is 0 Å². The third-order valence-corrected chi connectivity index (χ3v) is 3.79. The van der Waals surface area contributed by atoms with Crippen LogP contribution in [0.1, 0.15) is 38.1 Å². The number of hydrogen-bond donors (Lipinski definition) is 1. The summed E-state index contributed by atoms with van der Waals surface area (Å²) in [6.45, 7) is 6.46. The van der Waals surface area contributed by atoms with E-state index in [0.717, 1.165) is 18.5 Å². The second kappa shape index (κ2) is 2.60. The number of hydrogen-bond acceptors (Lipinski definition) is 2. The fourth-order valence-electron chi connectivity index (χ4n) is 1.88. The summed E-state index contributed by atoms with van der Waals surface area (Å²) in [6.07, 6.45) is 2.24. The molecule has 2 rings (SSSR count). The first-order valence-corrected chi connectivity index (χ1v) is 5.17. The van der Waals surface area contributed by atoms with Crippen molar-refractivity contribution < 1.29 is 0 Å². The minimum Gasteiger partial charge on any atom is -0.324 e. The first-order chi connectivity index (χ1) is 6.37. The van der Waals surface area contributed by atoms with Gasteiger partial charge >= 0.3 is 0 Å². The van der Waals surface area contributed by atoms with E-state index in [1.54, 1.807) is 0 Å². The molecule has 2 N–H and O–H groups in total. The quantitative estimate of drug-likeness (QED) is 0.773. The molecule has 1 fully saturated rings. The van der Waals surface area contributed by atoms with Crippen molar-refractivity contribution in [2.24, 2.45) is 12.8 Å². The molecule has 1 heterocycles. The van der Waals surface area contributed by atoms with Gasteiger partial charge in [0.1, 0.15) is 0 Å². The van der Waals surface area contributed by atoms with Gasteiger partial charge in [0.2, 0.25) is 0 Å². The van der Waals surface area contributed by atoms with E-state index in [0.29, 0.717) is 0 Å². The van der Waals surface area contributed by atoms with Crippen LogP contribution in [0.5, 0.6) is 0 Å². The average molecular weight is 193 g/mol. The molecule has 0 saturated heterocycles. The SMILES string of the molecule is Cc1cc(C(C)(C)C2(N)CC2)nn1C. The van der Waals surface area contributed by atoms with Gasteiger partial charge < -0.3 is 5.73 Å². The molecule has 0 aliphatic heterocycles. The summed E-state index contributed by atoms with van der Waals surface area (Å²) in [7, 11) is 1.98. The van der Waals surface area contributed by atoms with Gasteiger partial charge in [0, 0.05) is 23.7 Å². The van der Waals surface area contributed by atoms with Crippen LogP contribution in [0.15, 0.2) is 6.07 Å². The molecule has 0 amide bonds. The van der Waals surface area contributed by atoms with Crippen LogP contribution in [0, 0.1) is 6.92 Å². The van der Waals surface area contributed by atoms with Crippen molar-refractivity contribution in [2.45, 2.75) is 44.6 Å². The second-order valence-corrected chi connectivity index (χ2v) is 5.08. The third kappa shape index (κ3) is 1.19. The molecule has 3 heteroatoms. The van der Waals surface area contributed by atoms with E-state index in [1.165, 1.54) is 5.69 Å². The highest BCUT2D eigenvalue weighted by Crippen LogP contribution is 2.48. The summed E-state index contributed by atoms with van der Waals surface area (Å²) in [6, 6.07) is 2.15. The van der Waals surface area contributed by atoms with Gasteiger partial charge in [-0.05, 0) is 25.8 Å². The van der Waals surface area contributed by atoms with E-state index >= 15 is 0 Å². The third-order valence-electron chi connectivity index (χ3n) is 3.79.